The van der Waals surface area contributed by atoms with Gasteiger partial charge in [-0.15, -0.1) is 0 Å². The molecule has 5 radical (unpaired) electrons. The summed E-state index contributed by atoms with van der Waals surface area (Å²) in [4.78, 5) is 0. The molecule has 0 aliphatic heterocycles. The van der Waals surface area contributed by atoms with Crippen molar-refractivity contribution in [2.24, 2.45) is 0 Å². The first-order valence-corrected chi connectivity index (χ1v) is 12.1. The smallest absolute Gasteiger partial charge is 0.0752 e. The van der Waals surface area contributed by atoms with Gasteiger partial charge in [0.15, 0.2) is 0 Å². The Kier molecular flexibility index (Phi) is 4.37. The lowest BCUT2D eigenvalue weighted by molar-refractivity contribution is 1.48. The highest BCUT2D eigenvalue weighted by Crippen LogP contribution is 2.00. The summed E-state index contributed by atoms with van der Waals surface area (Å²) < 4.78 is 0. The van der Waals surface area contributed by atoms with E-state index in [1.165, 1.54) is 21.5 Å². The summed E-state index contributed by atoms with van der Waals surface area (Å²) in [5.41, 5.74) is 2.67. The maximum Gasteiger partial charge on any atom is 0.106 e. The van der Waals surface area contributed by atoms with Crippen LogP contribution in [-0.2, 0) is 0 Å². The third-order valence-corrected chi connectivity index (χ3v) is 11.9. The van der Waals surface area contributed by atoms with E-state index < -0.39 is 16.1 Å². The van der Waals surface area contributed by atoms with Gasteiger partial charge in [-0.2, -0.15) is 0 Å². The minimum atomic E-state index is -0.634. The molecule has 2 aromatic carbocycles. The molecule has 0 unspecified atom stereocenters. The number of aryl methyl sites for hydroxylation is 2. The van der Waals surface area contributed by atoms with Crippen LogP contribution in [0.5, 0.6) is 0 Å². The van der Waals surface area contributed by atoms with Gasteiger partial charge in [0.05, 0.1) is 0 Å². The van der Waals surface area contributed by atoms with E-state index in [2.05, 4.69) is 78.7 Å². The van der Waals surface area contributed by atoms with Gasteiger partial charge in [0, 0.05) is 17.6 Å². The summed E-state index contributed by atoms with van der Waals surface area (Å²) in [6.45, 7) is 6.65. The van der Waals surface area contributed by atoms with Gasteiger partial charge >= 0.3 is 0 Å². The molecule has 2 aromatic rings. The van der Waals surface area contributed by atoms with Gasteiger partial charge in [0.1, 0.15) is 8.31 Å². The molecule has 3 heteroatoms. The Morgan fingerprint density at radius 3 is 1.33 bits per heavy atom. The fourth-order valence-corrected chi connectivity index (χ4v) is 10.4. The molecule has 2 rings (SSSR count). The van der Waals surface area contributed by atoms with Crippen molar-refractivity contribution in [1.82, 2.24) is 0 Å². The predicted octanol–water partition coefficient (Wildman–Crippen LogP) is 1.78. The van der Waals surface area contributed by atoms with Crippen LogP contribution in [0.4, 0.5) is 0 Å². The normalized spacial score (nSPS) is 11.2. The predicted molar refractivity (Wildman–Crippen MR) is 84.8 cm³/mol. The van der Waals surface area contributed by atoms with E-state index in [4.69, 9.17) is 0 Å². The molecule has 0 amide bonds. The van der Waals surface area contributed by atoms with E-state index in [9.17, 15) is 0 Å². The molecule has 18 heavy (non-hydrogen) atoms. The van der Waals surface area contributed by atoms with Crippen LogP contribution in [0.2, 0.25) is 6.55 Å². The van der Waals surface area contributed by atoms with Gasteiger partial charge in [-0.1, -0.05) is 76.6 Å². The van der Waals surface area contributed by atoms with Crippen LogP contribution >= 0.6 is 0 Å². The van der Waals surface area contributed by atoms with Crippen molar-refractivity contribution in [1.29, 1.82) is 0 Å². The Balaban J connectivity index is 2.39. The van der Waals surface area contributed by atoms with Crippen molar-refractivity contribution in [3.05, 3.63) is 59.7 Å². The summed E-state index contributed by atoms with van der Waals surface area (Å²) in [5.74, 6) is 0. The lowest BCUT2D eigenvalue weighted by atomic mass is 10.2. The van der Waals surface area contributed by atoms with Crippen LogP contribution in [0.15, 0.2) is 48.5 Å². The maximum atomic E-state index is 3.95. The molecular formula is C15H17Si3. The van der Waals surface area contributed by atoms with Crippen molar-refractivity contribution in [2.75, 3.05) is 0 Å². The lowest BCUT2D eigenvalue weighted by Gasteiger charge is -2.19. The van der Waals surface area contributed by atoms with E-state index in [0.717, 1.165) is 0 Å². The first kappa shape index (κ1) is 13.5. The van der Waals surface area contributed by atoms with Gasteiger partial charge in [-0.25, -0.2) is 0 Å². The van der Waals surface area contributed by atoms with E-state index in [1.807, 2.05) is 0 Å². The number of benzene rings is 2. The molecule has 0 saturated heterocycles. The average molecular weight is 282 g/mol. The molecule has 0 N–H and O–H groups in total. The van der Waals surface area contributed by atoms with Gasteiger partial charge < -0.3 is 0 Å². The molecule has 0 saturated carbocycles. The minimum Gasteiger partial charge on any atom is -0.0752 e. The van der Waals surface area contributed by atoms with Gasteiger partial charge in [0.25, 0.3) is 0 Å². The number of rotatable bonds is 3. The van der Waals surface area contributed by atoms with E-state index in [0.29, 0.717) is 0 Å². The summed E-state index contributed by atoms with van der Waals surface area (Å²) in [6, 6.07) is 18.1. The van der Waals surface area contributed by atoms with Crippen molar-refractivity contribution < 1.29 is 0 Å². The Morgan fingerprint density at radius 1 is 0.722 bits per heavy atom. The zero-order valence-corrected chi connectivity index (χ0v) is 14.1. The highest BCUT2D eigenvalue weighted by Gasteiger charge is 2.21. The second-order valence-electron chi connectivity index (χ2n) is 4.73. The van der Waals surface area contributed by atoms with E-state index >= 15 is 0 Å². The fourth-order valence-electron chi connectivity index (χ4n) is 2.04. The summed E-state index contributed by atoms with van der Waals surface area (Å²) in [6.07, 6.45) is 0. The van der Waals surface area contributed by atoms with Gasteiger partial charge in [-0.3, -0.25) is 0 Å². The van der Waals surface area contributed by atoms with E-state index in [-0.39, 0.29) is 0 Å². The highest BCUT2D eigenvalue weighted by atomic mass is 29.6. The molecule has 0 nitrogen and oxygen atoms in total. The molecule has 0 spiro atoms. The van der Waals surface area contributed by atoms with Gasteiger partial charge in [-0.05, 0) is 13.8 Å². The fraction of sp³-hybridized carbons (Fsp3) is 0.200. The van der Waals surface area contributed by atoms with Crippen LogP contribution in [-0.4, -0.2) is 25.9 Å². The Morgan fingerprint density at radius 2 is 1.06 bits per heavy atom. The summed E-state index contributed by atoms with van der Waals surface area (Å²) in [5, 5.41) is 3.03. The maximum absolute atomic E-state index is 3.95. The Labute approximate surface area is 116 Å². The Bertz CT molecular complexity index is 455. The molecule has 0 aliphatic rings. The molecular weight excluding hydrogens is 264 g/mol. The third kappa shape index (κ3) is 3.10. The molecule has 0 atom stereocenters. The van der Waals surface area contributed by atoms with Crippen molar-refractivity contribution >= 4 is 36.3 Å². The summed E-state index contributed by atoms with van der Waals surface area (Å²) in [7, 11) is 2.82. The average Bonchev–Trinajstić information content (AvgIpc) is 2.34. The molecule has 89 valence electrons. The lowest BCUT2D eigenvalue weighted by Crippen LogP contribution is -2.53. The molecule has 0 aromatic heterocycles. The zero-order valence-electron chi connectivity index (χ0n) is 11.1. The topological polar surface area (TPSA) is 0 Å². The Hall–Kier alpha value is -0.909. The van der Waals surface area contributed by atoms with Crippen LogP contribution < -0.4 is 10.4 Å². The van der Waals surface area contributed by atoms with Crippen LogP contribution in [0.25, 0.3) is 0 Å². The molecule has 0 bridgehead atoms. The zero-order chi connectivity index (χ0) is 13.1. The third-order valence-electron chi connectivity index (χ3n) is 3.06. The summed E-state index contributed by atoms with van der Waals surface area (Å²) >= 11 is 0. The minimum absolute atomic E-state index is 0.496. The highest BCUT2D eigenvalue weighted by molar-refractivity contribution is 7.48. The molecule has 0 fully saturated rings. The molecule has 0 aliphatic carbocycles. The van der Waals surface area contributed by atoms with Crippen LogP contribution in [0.3, 0.4) is 0 Å². The first-order chi connectivity index (χ1) is 8.58. The first-order valence-electron chi connectivity index (χ1n) is 6.14. The van der Waals surface area contributed by atoms with E-state index in [1.54, 1.807) is 0 Å². The number of hydrogen-bond donors (Lipinski definition) is 0. The van der Waals surface area contributed by atoms with Crippen molar-refractivity contribution in [3.8, 4) is 0 Å². The monoisotopic (exact) mass is 281 g/mol. The standard InChI is InChI=1S/C15H17Si3/c1-12-4-8-14(9-5-12)18(17(3)16)15-10-6-13(2)7-11-15/h4-11H,1-3H3. The quantitative estimate of drug-likeness (QED) is 0.753. The SMILES string of the molecule is Cc1ccc([Si](c2ccc(C)cc2)[Si](C)[Si])cc1. The van der Waals surface area contributed by atoms with Crippen LogP contribution in [0.1, 0.15) is 11.1 Å². The van der Waals surface area contributed by atoms with Crippen LogP contribution in [0, 0.1) is 13.8 Å². The second kappa shape index (κ2) is 5.82. The van der Waals surface area contributed by atoms with Crippen molar-refractivity contribution in [2.45, 2.75) is 20.4 Å². The second-order valence-corrected chi connectivity index (χ2v) is 15.4. The van der Waals surface area contributed by atoms with Gasteiger partial charge in [0.2, 0.25) is 0 Å². The number of hydrogen-bond acceptors (Lipinski definition) is 0. The van der Waals surface area contributed by atoms with Crippen molar-refractivity contribution in [3.63, 3.8) is 0 Å². The largest absolute Gasteiger partial charge is 0.106 e. The molecule has 0 heterocycles.